The number of aromatic nitrogens is 2. The SMILES string of the molecule is Cc1nn(C)cc1C(O)C1NCc2ccccc21. The van der Waals surface area contributed by atoms with Gasteiger partial charge in [0.1, 0.15) is 6.10 Å². The van der Waals surface area contributed by atoms with E-state index in [1.54, 1.807) is 4.68 Å². The second-order valence-corrected chi connectivity index (χ2v) is 4.85. The van der Waals surface area contributed by atoms with Crippen molar-refractivity contribution in [3.8, 4) is 0 Å². The van der Waals surface area contributed by atoms with Crippen LogP contribution >= 0.6 is 0 Å². The lowest BCUT2D eigenvalue weighted by Crippen LogP contribution is -2.20. The molecule has 0 bridgehead atoms. The van der Waals surface area contributed by atoms with Crippen LogP contribution in [0.4, 0.5) is 0 Å². The van der Waals surface area contributed by atoms with Crippen molar-refractivity contribution in [1.82, 2.24) is 15.1 Å². The van der Waals surface area contributed by atoms with Gasteiger partial charge in [-0.25, -0.2) is 0 Å². The van der Waals surface area contributed by atoms with Gasteiger partial charge in [-0.15, -0.1) is 0 Å². The summed E-state index contributed by atoms with van der Waals surface area (Å²) < 4.78 is 1.74. The molecule has 0 fully saturated rings. The quantitative estimate of drug-likeness (QED) is 0.842. The monoisotopic (exact) mass is 243 g/mol. The van der Waals surface area contributed by atoms with E-state index in [9.17, 15) is 5.11 Å². The molecular formula is C14H17N3O. The Morgan fingerprint density at radius 1 is 1.44 bits per heavy atom. The van der Waals surface area contributed by atoms with Crippen molar-refractivity contribution < 1.29 is 5.11 Å². The Balaban J connectivity index is 1.95. The molecule has 3 rings (SSSR count). The molecule has 0 amide bonds. The molecule has 94 valence electrons. The Kier molecular flexibility index (Phi) is 2.69. The smallest absolute Gasteiger partial charge is 0.102 e. The predicted molar refractivity (Wildman–Crippen MR) is 68.9 cm³/mol. The van der Waals surface area contributed by atoms with E-state index < -0.39 is 6.10 Å². The van der Waals surface area contributed by atoms with Gasteiger partial charge in [-0.05, 0) is 18.1 Å². The third-order valence-electron chi connectivity index (χ3n) is 3.59. The van der Waals surface area contributed by atoms with Crippen LogP contribution in [-0.4, -0.2) is 14.9 Å². The van der Waals surface area contributed by atoms with E-state index in [0.717, 1.165) is 17.8 Å². The van der Waals surface area contributed by atoms with E-state index in [1.807, 2.05) is 32.3 Å². The van der Waals surface area contributed by atoms with Crippen molar-refractivity contribution in [1.29, 1.82) is 0 Å². The molecule has 18 heavy (non-hydrogen) atoms. The Labute approximate surface area is 106 Å². The fourth-order valence-corrected chi connectivity index (χ4v) is 2.70. The van der Waals surface area contributed by atoms with E-state index >= 15 is 0 Å². The van der Waals surface area contributed by atoms with Gasteiger partial charge in [-0.2, -0.15) is 5.10 Å². The first kappa shape index (κ1) is 11.4. The lowest BCUT2D eigenvalue weighted by Gasteiger charge is -2.19. The summed E-state index contributed by atoms with van der Waals surface area (Å²) in [6.07, 6.45) is 1.34. The molecule has 4 nitrogen and oxygen atoms in total. The highest BCUT2D eigenvalue weighted by atomic mass is 16.3. The number of nitrogens with zero attached hydrogens (tertiary/aromatic N) is 2. The molecule has 2 atom stereocenters. The summed E-state index contributed by atoms with van der Waals surface area (Å²) in [7, 11) is 1.87. The second kappa shape index (κ2) is 4.23. The standard InChI is InChI=1S/C14H17N3O/c1-9-12(8-17(2)16-9)14(18)13-11-6-4-3-5-10(11)7-15-13/h3-6,8,13-15,18H,7H2,1-2H3. The average Bonchev–Trinajstić information content (AvgIpc) is 2.92. The number of benzene rings is 1. The summed E-state index contributed by atoms with van der Waals surface area (Å²) in [5.41, 5.74) is 4.24. The molecule has 1 aliphatic rings. The molecule has 2 N–H and O–H groups in total. The van der Waals surface area contributed by atoms with Gasteiger partial charge < -0.3 is 10.4 Å². The highest BCUT2D eigenvalue weighted by molar-refractivity contribution is 5.36. The first-order valence-electron chi connectivity index (χ1n) is 6.16. The maximum absolute atomic E-state index is 10.5. The number of hydrogen-bond acceptors (Lipinski definition) is 3. The number of nitrogens with one attached hydrogen (secondary N) is 1. The topological polar surface area (TPSA) is 50.1 Å². The molecule has 2 heterocycles. The maximum Gasteiger partial charge on any atom is 0.102 e. The fraction of sp³-hybridized carbons (Fsp3) is 0.357. The van der Waals surface area contributed by atoms with Gasteiger partial charge in [0.15, 0.2) is 0 Å². The molecule has 0 radical (unpaired) electrons. The first-order valence-corrected chi connectivity index (χ1v) is 6.16. The molecule has 0 spiro atoms. The summed E-state index contributed by atoms with van der Waals surface area (Å²) in [4.78, 5) is 0. The highest BCUT2D eigenvalue weighted by Crippen LogP contribution is 2.35. The molecule has 0 aliphatic carbocycles. The minimum atomic E-state index is -0.553. The van der Waals surface area contributed by atoms with Crippen LogP contribution in [0.5, 0.6) is 0 Å². The van der Waals surface area contributed by atoms with Crippen molar-refractivity contribution in [2.45, 2.75) is 25.6 Å². The van der Waals surface area contributed by atoms with Crippen molar-refractivity contribution in [2.75, 3.05) is 0 Å². The van der Waals surface area contributed by atoms with Crippen LogP contribution in [0.25, 0.3) is 0 Å². The maximum atomic E-state index is 10.5. The number of aryl methyl sites for hydroxylation is 2. The van der Waals surface area contributed by atoms with Crippen LogP contribution in [0.3, 0.4) is 0 Å². The first-order chi connectivity index (χ1) is 8.66. The van der Waals surface area contributed by atoms with Gasteiger partial charge in [-0.3, -0.25) is 4.68 Å². The molecule has 2 aromatic rings. The molecule has 1 aromatic heterocycles. The zero-order valence-electron chi connectivity index (χ0n) is 10.6. The number of rotatable bonds is 2. The van der Waals surface area contributed by atoms with Crippen molar-refractivity contribution in [3.05, 3.63) is 52.8 Å². The lowest BCUT2D eigenvalue weighted by molar-refractivity contribution is 0.133. The van der Waals surface area contributed by atoms with Gasteiger partial charge in [-0.1, -0.05) is 24.3 Å². The Hall–Kier alpha value is -1.65. The summed E-state index contributed by atoms with van der Waals surface area (Å²) in [5.74, 6) is 0. The highest BCUT2D eigenvalue weighted by Gasteiger charge is 2.30. The normalized spacial score (nSPS) is 19.8. The van der Waals surface area contributed by atoms with E-state index in [0.29, 0.717) is 0 Å². The predicted octanol–water partition coefficient (Wildman–Crippen LogP) is 1.61. The molecule has 0 saturated heterocycles. The average molecular weight is 243 g/mol. The van der Waals surface area contributed by atoms with E-state index in [-0.39, 0.29) is 6.04 Å². The molecular weight excluding hydrogens is 226 g/mol. The summed E-state index contributed by atoms with van der Waals surface area (Å²) in [6, 6.07) is 8.19. The van der Waals surface area contributed by atoms with Crippen LogP contribution < -0.4 is 5.32 Å². The number of hydrogen-bond donors (Lipinski definition) is 2. The molecule has 2 unspecified atom stereocenters. The fourth-order valence-electron chi connectivity index (χ4n) is 2.70. The van der Waals surface area contributed by atoms with Crippen LogP contribution in [0.2, 0.25) is 0 Å². The lowest BCUT2D eigenvalue weighted by atomic mass is 9.96. The molecule has 1 aliphatic heterocycles. The van der Waals surface area contributed by atoms with Crippen molar-refractivity contribution >= 4 is 0 Å². The van der Waals surface area contributed by atoms with Crippen LogP contribution in [0.1, 0.15) is 34.5 Å². The van der Waals surface area contributed by atoms with Gasteiger partial charge in [0.2, 0.25) is 0 Å². The Bertz CT molecular complexity index is 576. The zero-order valence-corrected chi connectivity index (χ0v) is 10.6. The number of aliphatic hydroxyl groups excluding tert-OH is 1. The summed E-state index contributed by atoms with van der Waals surface area (Å²) in [6.45, 7) is 2.75. The third-order valence-corrected chi connectivity index (χ3v) is 3.59. The zero-order chi connectivity index (χ0) is 12.7. The van der Waals surface area contributed by atoms with Gasteiger partial charge in [0.25, 0.3) is 0 Å². The van der Waals surface area contributed by atoms with Crippen molar-refractivity contribution in [3.63, 3.8) is 0 Å². The minimum absolute atomic E-state index is 0.0379. The number of fused-ring (bicyclic) bond motifs is 1. The van der Waals surface area contributed by atoms with Crippen LogP contribution in [0.15, 0.2) is 30.5 Å². The largest absolute Gasteiger partial charge is 0.386 e. The second-order valence-electron chi connectivity index (χ2n) is 4.85. The van der Waals surface area contributed by atoms with Gasteiger partial charge >= 0.3 is 0 Å². The van der Waals surface area contributed by atoms with E-state index in [4.69, 9.17) is 0 Å². The Morgan fingerprint density at radius 3 is 2.94 bits per heavy atom. The molecule has 0 saturated carbocycles. The third kappa shape index (κ3) is 1.74. The summed E-state index contributed by atoms with van der Waals surface area (Å²) in [5, 5.41) is 18.2. The Morgan fingerprint density at radius 2 is 2.22 bits per heavy atom. The van der Waals surface area contributed by atoms with Gasteiger partial charge in [0.05, 0.1) is 11.7 Å². The van der Waals surface area contributed by atoms with E-state index in [2.05, 4.69) is 22.5 Å². The van der Waals surface area contributed by atoms with E-state index in [1.165, 1.54) is 11.1 Å². The number of aliphatic hydroxyl groups is 1. The van der Waals surface area contributed by atoms with Crippen LogP contribution in [0, 0.1) is 6.92 Å². The molecule has 4 heteroatoms. The van der Waals surface area contributed by atoms with Crippen molar-refractivity contribution in [2.24, 2.45) is 7.05 Å². The molecule has 1 aromatic carbocycles. The minimum Gasteiger partial charge on any atom is -0.386 e. The van der Waals surface area contributed by atoms with Gasteiger partial charge in [0, 0.05) is 25.4 Å². The van der Waals surface area contributed by atoms with Crippen LogP contribution in [-0.2, 0) is 13.6 Å². The summed E-state index contributed by atoms with van der Waals surface area (Å²) >= 11 is 0.